The lowest BCUT2D eigenvalue weighted by Gasteiger charge is -2.18. The molecule has 3 rings (SSSR count). The van der Waals surface area contributed by atoms with Gasteiger partial charge in [-0.2, -0.15) is 5.26 Å². The van der Waals surface area contributed by atoms with E-state index in [9.17, 15) is 14.9 Å². The Balaban J connectivity index is 1.81. The number of nitrogens with zero attached hydrogens (tertiary/aromatic N) is 5. The van der Waals surface area contributed by atoms with Crippen molar-refractivity contribution in [3.63, 3.8) is 0 Å². The molecular formula is C18H17N5O6. The molecule has 1 atom stereocenters. The van der Waals surface area contributed by atoms with Crippen LogP contribution in [-0.2, 0) is 0 Å². The third kappa shape index (κ3) is 4.01. The Hall–Kier alpha value is -3.94. The van der Waals surface area contributed by atoms with Gasteiger partial charge < -0.3 is 19.1 Å². The van der Waals surface area contributed by atoms with E-state index in [1.54, 1.807) is 0 Å². The minimum Gasteiger partial charge on any atom is -0.493 e. The highest BCUT2D eigenvalue weighted by Gasteiger charge is 2.33. The van der Waals surface area contributed by atoms with Crippen LogP contribution in [0.25, 0.3) is 0 Å². The van der Waals surface area contributed by atoms with Gasteiger partial charge in [0.15, 0.2) is 11.5 Å². The third-order valence-corrected chi connectivity index (χ3v) is 4.41. The van der Waals surface area contributed by atoms with Crippen molar-refractivity contribution in [2.24, 2.45) is 0 Å². The first kappa shape index (κ1) is 19.8. The molecule has 1 aromatic carbocycles. The molecule has 0 aliphatic carbocycles. The first-order valence-corrected chi connectivity index (χ1v) is 8.56. The number of hydrogen-bond acceptors (Lipinski definition) is 9. The maximum absolute atomic E-state index is 13.0. The number of carbonyl (C=O) groups excluding carboxylic acids is 1. The van der Waals surface area contributed by atoms with Gasteiger partial charge in [-0.25, -0.2) is 9.97 Å². The summed E-state index contributed by atoms with van der Waals surface area (Å²) in [6.45, 7) is 0.517. The van der Waals surface area contributed by atoms with Crippen molar-refractivity contribution in [2.45, 2.75) is 12.5 Å². The van der Waals surface area contributed by atoms with Crippen molar-refractivity contribution in [3.8, 4) is 23.4 Å². The molecule has 0 saturated carbocycles. The number of amides is 1. The van der Waals surface area contributed by atoms with Gasteiger partial charge in [0.05, 0.1) is 31.8 Å². The molecule has 11 nitrogen and oxygen atoms in total. The zero-order valence-corrected chi connectivity index (χ0v) is 15.7. The van der Waals surface area contributed by atoms with E-state index in [1.165, 1.54) is 37.6 Å². The zero-order valence-electron chi connectivity index (χ0n) is 15.7. The fourth-order valence-corrected chi connectivity index (χ4v) is 3.02. The van der Waals surface area contributed by atoms with Crippen LogP contribution in [0.2, 0.25) is 0 Å². The number of carbonyl (C=O) groups is 1. The maximum Gasteiger partial charge on any atom is 0.286 e. The van der Waals surface area contributed by atoms with Crippen LogP contribution in [0.15, 0.2) is 24.5 Å². The van der Waals surface area contributed by atoms with Crippen molar-refractivity contribution in [1.29, 1.82) is 5.26 Å². The lowest BCUT2D eigenvalue weighted by molar-refractivity contribution is -0.385. The molecule has 11 heteroatoms. The fourth-order valence-electron chi connectivity index (χ4n) is 3.02. The van der Waals surface area contributed by atoms with E-state index in [2.05, 4.69) is 9.97 Å². The highest BCUT2D eigenvalue weighted by molar-refractivity contribution is 5.99. The van der Waals surface area contributed by atoms with Gasteiger partial charge >= 0.3 is 0 Å². The summed E-state index contributed by atoms with van der Waals surface area (Å²) in [6, 6.07) is 4.35. The van der Waals surface area contributed by atoms with Crippen LogP contribution in [-0.4, -0.2) is 59.1 Å². The summed E-state index contributed by atoms with van der Waals surface area (Å²) in [5.74, 6) is -0.0634. The van der Waals surface area contributed by atoms with Crippen molar-refractivity contribution < 1.29 is 23.9 Å². The fraction of sp³-hybridized carbons (Fsp3) is 0.333. The largest absolute Gasteiger partial charge is 0.493 e. The Morgan fingerprint density at radius 2 is 1.97 bits per heavy atom. The molecule has 1 aliphatic rings. The molecule has 2 aromatic rings. The minimum atomic E-state index is -0.641. The molecule has 1 saturated heterocycles. The lowest BCUT2D eigenvalue weighted by Crippen LogP contribution is -2.31. The number of aromatic nitrogens is 2. The smallest absolute Gasteiger partial charge is 0.286 e. The van der Waals surface area contributed by atoms with E-state index in [1.807, 2.05) is 6.07 Å². The Bertz CT molecular complexity index is 989. The second kappa shape index (κ2) is 8.39. The molecule has 0 radical (unpaired) electrons. The van der Waals surface area contributed by atoms with Crippen molar-refractivity contribution in [1.82, 2.24) is 14.9 Å². The molecule has 2 heterocycles. The second-order valence-electron chi connectivity index (χ2n) is 6.08. The van der Waals surface area contributed by atoms with E-state index >= 15 is 0 Å². The third-order valence-electron chi connectivity index (χ3n) is 4.41. The first-order chi connectivity index (χ1) is 14.0. The molecule has 0 bridgehead atoms. The summed E-state index contributed by atoms with van der Waals surface area (Å²) in [6.07, 6.45) is 2.85. The normalized spacial score (nSPS) is 15.5. The van der Waals surface area contributed by atoms with Crippen LogP contribution in [0, 0.1) is 21.4 Å². The molecule has 1 aliphatic heterocycles. The highest BCUT2D eigenvalue weighted by atomic mass is 16.6. The van der Waals surface area contributed by atoms with Gasteiger partial charge in [0, 0.05) is 31.4 Å². The molecule has 29 heavy (non-hydrogen) atoms. The van der Waals surface area contributed by atoms with Crippen LogP contribution < -0.4 is 14.2 Å². The van der Waals surface area contributed by atoms with Crippen molar-refractivity contribution >= 4 is 11.6 Å². The topological polar surface area (TPSA) is 141 Å². The average molecular weight is 399 g/mol. The Morgan fingerprint density at radius 1 is 1.28 bits per heavy atom. The van der Waals surface area contributed by atoms with Crippen LogP contribution in [0.4, 0.5) is 5.69 Å². The second-order valence-corrected chi connectivity index (χ2v) is 6.08. The SMILES string of the molecule is COc1cc(C(=O)N2CCC(Oc3nccnc3C#N)C2)c([N+](=O)[O-])cc1OC. The van der Waals surface area contributed by atoms with E-state index in [0.717, 1.165) is 6.07 Å². The molecule has 1 amide bonds. The lowest BCUT2D eigenvalue weighted by atomic mass is 10.1. The maximum atomic E-state index is 13.0. The summed E-state index contributed by atoms with van der Waals surface area (Å²) in [7, 11) is 2.73. The molecule has 1 unspecified atom stereocenters. The number of benzene rings is 1. The molecule has 1 aromatic heterocycles. The Labute approximate surface area is 165 Å². The van der Waals surface area contributed by atoms with E-state index < -0.39 is 16.9 Å². The zero-order chi connectivity index (χ0) is 21.0. The summed E-state index contributed by atoms with van der Waals surface area (Å²) >= 11 is 0. The predicted molar refractivity (Wildman–Crippen MR) is 97.9 cm³/mol. The predicted octanol–water partition coefficient (Wildman–Crippen LogP) is 1.57. The van der Waals surface area contributed by atoms with Gasteiger partial charge in [-0.05, 0) is 0 Å². The first-order valence-electron chi connectivity index (χ1n) is 8.56. The number of likely N-dealkylation sites (tertiary alicyclic amines) is 1. The van der Waals surface area contributed by atoms with E-state index in [-0.39, 0.29) is 40.9 Å². The Kier molecular flexibility index (Phi) is 5.73. The van der Waals surface area contributed by atoms with Crippen LogP contribution >= 0.6 is 0 Å². The molecule has 1 fully saturated rings. The average Bonchev–Trinajstić information content (AvgIpc) is 3.20. The standard InChI is InChI=1S/C18H17N5O6/c1-27-15-7-12(14(23(25)26)8-16(15)28-2)18(24)22-6-3-11(10-22)29-17-13(9-19)20-4-5-21-17/h4-5,7-8,11H,3,6,10H2,1-2H3. The number of nitriles is 1. The molecule has 150 valence electrons. The van der Waals surface area contributed by atoms with Gasteiger partial charge in [0.2, 0.25) is 5.69 Å². The molecule has 0 spiro atoms. The summed E-state index contributed by atoms with van der Waals surface area (Å²) in [5.41, 5.74) is -0.434. The van der Waals surface area contributed by atoms with Gasteiger partial charge in [0.1, 0.15) is 17.7 Å². The number of nitro benzene ring substituents is 1. The Morgan fingerprint density at radius 3 is 2.62 bits per heavy atom. The number of rotatable bonds is 6. The quantitative estimate of drug-likeness (QED) is 0.522. The van der Waals surface area contributed by atoms with Crippen molar-refractivity contribution in [2.75, 3.05) is 27.3 Å². The number of nitro groups is 1. The number of hydrogen-bond donors (Lipinski definition) is 0. The van der Waals surface area contributed by atoms with Crippen LogP contribution in [0.3, 0.4) is 0 Å². The van der Waals surface area contributed by atoms with Gasteiger partial charge in [0.25, 0.3) is 17.5 Å². The van der Waals surface area contributed by atoms with Crippen LogP contribution in [0.5, 0.6) is 17.4 Å². The van der Waals surface area contributed by atoms with E-state index in [4.69, 9.17) is 19.5 Å². The molecular weight excluding hydrogens is 382 g/mol. The number of ether oxygens (including phenoxy) is 3. The van der Waals surface area contributed by atoms with Gasteiger partial charge in [-0.3, -0.25) is 14.9 Å². The summed E-state index contributed by atoms with van der Waals surface area (Å²) in [4.78, 5) is 33.1. The van der Waals surface area contributed by atoms with Gasteiger partial charge in [-0.1, -0.05) is 0 Å². The van der Waals surface area contributed by atoms with Crippen LogP contribution in [0.1, 0.15) is 22.5 Å². The van der Waals surface area contributed by atoms with Gasteiger partial charge in [-0.15, -0.1) is 0 Å². The molecule has 0 N–H and O–H groups in total. The van der Waals surface area contributed by atoms with E-state index in [0.29, 0.717) is 13.0 Å². The highest BCUT2D eigenvalue weighted by Crippen LogP contribution is 2.35. The monoisotopic (exact) mass is 399 g/mol. The van der Waals surface area contributed by atoms with Crippen molar-refractivity contribution in [3.05, 3.63) is 45.9 Å². The summed E-state index contributed by atoms with van der Waals surface area (Å²) < 4.78 is 15.9. The minimum absolute atomic E-state index is 0.0489. The number of methoxy groups -OCH3 is 2. The summed E-state index contributed by atoms with van der Waals surface area (Å²) in [5, 5.41) is 20.5.